The number of nitrogens with zero attached hydrogens (tertiary/aromatic N) is 1. The number of alkyl halides is 3. The van der Waals surface area contributed by atoms with Crippen molar-refractivity contribution in [2.24, 2.45) is 5.41 Å². The number of aliphatic hydroxyl groups excluding tert-OH is 1. The van der Waals surface area contributed by atoms with Crippen molar-refractivity contribution < 1.29 is 23.0 Å². The molecule has 1 aliphatic rings. The molecule has 3 nitrogen and oxygen atoms in total. The van der Waals surface area contributed by atoms with E-state index in [1.807, 2.05) is 0 Å². The number of halogens is 3. The van der Waals surface area contributed by atoms with E-state index < -0.39 is 23.3 Å². The van der Waals surface area contributed by atoms with Gasteiger partial charge >= 0.3 is 6.18 Å². The van der Waals surface area contributed by atoms with Gasteiger partial charge in [-0.2, -0.15) is 18.4 Å². The molecule has 20 heavy (non-hydrogen) atoms. The summed E-state index contributed by atoms with van der Waals surface area (Å²) in [5.41, 5.74) is -1.44. The lowest BCUT2D eigenvalue weighted by atomic mass is 9.74. The first-order chi connectivity index (χ1) is 9.39. The maximum absolute atomic E-state index is 12.5. The van der Waals surface area contributed by atoms with Gasteiger partial charge in [0.2, 0.25) is 0 Å². The third-order valence-corrected chi connectivity index (χ3v) is 3.68. The van der Waals surface area contributed by atoms with Crippen molar-refractivity contribution in [2.45, 2.75) is 25.1 Å². The number of nitriles is 1. The molecule has 1 aromatic rings. The topological polar surface area (TPSA) is 53.2 Å². The van der Waals surface area contributed by atoms with Crippen molar-refractivity contribution in [3.8, 4) is 6.07 Å². The Kier molecular flexibility index (Phi) is 4.02. The summed E-state index contributed by atoms with van der Waals surface area (Å²) in [7, 11) is 0. The lowest BCUT2D eigenvalue weighted by Gasteiger charge is -2.35. The molecule has 1 aromatic carbocycles. The van der Waals surface area contributed by atoms with E-state index in [0.29, 0.717) is 31.6 Å². The molecule has 1 aliphatic heterocycles. The predicted molar refractivity (Wildman–Crippen MR) is 64.5 cm³/mol. The predicted octanol–water partition coefficient (Wildman–Crippen LogP) is 3.06. The highest BCUT2D eigenvalue weighted by Crippen LogP contribution is 2.42. The van der Waals surface area contributed by atoms with Crippen LogP contribution in [0.2, 0.25) is 0 Å². The molecule has 0 spiro atoms. The highest BCUT2D eigenvalue weighted by Gasteiger charge is 2.41. The minimum atomic E-state index is -4.41. The zero-order chi connectivity index (χ0) is 14.8. The normalized spacial score (nSPS) is 20.1. The van der Waals surface area contributed by atoms with Gasteiger partial charge in [0, 0.05) is 13.2 Å². The number of hydrogen-bond acceptors (Lipinski definition) is 3. The van der Waals surface area contributed by atoms with E-state index >= 15 is 0 Å². The van der Waals surface area contributed by atoms with Gasteiger partial charge in [-0.3, -0.25) is 0 Å². The van der Waals surface area contributed by atoms with Crippen LogP contribution in [0.15, 0.2) is 24.3 Å². The second-order valence-corrected chi connectivity index (χ2v) is 4.90. The first-order valence-corrected chi connectivity index (χ1v) is 6.23. The van der Waals surface area contributed by atoms with Crippen LogP contribution >= 0.6 is 0 Å². The quantitative estimate of drug-likeness (QED) is 0.908. The first kappa shape index (κ1) is 14.8. The van der Waals surface area contributed by atoms with Crippen molar-refractivity contribution in [1.82, 2.24) is 0 Å². The Morgan fingerprint density at radius 2 is 1.75 bits per heavy atom. The number of ether oxygens (including phenoxy) is 1. The minimum absolute atomic E-state index is 0.321. The van der Waals surface area contributed by atoms with Gasteiger partial charge in [0.1, 0.15) is 0 Å². The third kappa shape index (κ3) is 2.79. The molecule has 0 aliphatic carbocycles. The zero-order valence-electron chi connectivity index (χ0n) is 10.7. The molecule has 0 amide bonds. The Morgan fingerprint density at radius 1 is 1.20 bits per heavy atom. The van der Waals surface area contributed by atoms with Gasteiger partial charge in [-0.25, -0.2) is 0 Å². The van der Waals surface area contributed by atoms with Gasteiger partial charge in [-0.1, -0.05) is 12.1 Å². The summed E-state index contributed by atoms with van der Waals surface area (Å²) in [5.74, 6) is 0. The molecule has 1 fully saturated rings. The van der Waals surface area contributed by atoms with E-state index in [2.05, 4.69) is 6.07 Å². The summed E-state index contributed by atoms with van der Waals surface area (Å²) in [6, 6.07) is 6.40. The Bertz CT molecular complexity index is 499. The summed E-state index contributed by atoms with van der Waals surface area (Å²) in [5, 5.41) is 19.6. The second kappa shape index (κ2) is 5.43. The van der Waals surface area contributed by atoms with Gasteiger partial charge in [-0.15, -0.1) is 0 Å². The maximum Gasteiger partial charge on any atom is 0.416 e. The third-order valence-electron chi connectivity index (χ3n) is 3.68. The molecule has 0 saturated carbocycles. The van der Waals surface area contributed by atoms with Crippen LogP contribution in [0, 0.1) is 16.7 Å². The van der Waals surface area contributed by atoms with Crippen LogP contribution in [0.1, 0.15) is 30.1 Å². The molecule has 108 valence electrons. The van der Waals surface area contributed by atoms with Crippen molar-refractivity contribution in [2.75, 3.05) is 13.2 Å². The van der Waals surface area contributed by atoms with E-state index in [0.717, 1.165) is 12.1 Å². The van der Waals surface area contributed by atoms with Crippen LogP contribution in [-0.2, 0) is 10.9 Å². The van der Waals surface area contributed by atoms with Crippen molar-refractivity contribution >= 4 is 0 Å². The molecule has 6 heteroatoms. The summed E-state index contributed by atoms with van der Waals surface area (Å²) < 4.78 is 42.6. The summed E-state index contributed by atoms with van der Waals surface area (Å²) in [6.07, 6.45) is -4.79. The molecule has 1 atom stereocenters. The van der Waals surface area contributed by atoms with E-state index in [9.17, 15) is 23.5 Å². The Morgan fingerprint density at radius 3 is 2.20 bits per heavy atom. The SMILES string of the molecule is N#CC1(C(O)c2ccc(C(F)(F)F)cc2)CCOCC1. The van der Waals surface area contributed by atoms with Crippen LogP contribution in [0.25, 0.3) is 0 Å². The zero-order valence-corrected chi connectivity index (χ0v) is 10.7. The van der Waals surface area contributed by atoms with Crippen LogP contribution in [0.5, 0.6) is 0 Å². The van der Waals surface area contributed by atoms with E-state index in [1.165, 1.54) is 12.1 Å². The number of hydrogen-bond donors (Lipinski definition) is 1. The van der Waals surface area contributed by atoms with Gasteiger partial charge in [-0.05, 0) is 30.5 Å². The maximum atomic E-state index is 12.5. The fraction of sp³-hybridized carbons (Fsp3) is 0.500. The highest BCUT2D eigenvalue weighted by atomic mass is 19.4. The van der Waals surface area contributed by atoms with Crippen LogP contribution < -0.4 is 0 Å². The van der Waals surface area contributed by atoms with Crippen LogP contribution in [-0.4, -0.2) is 18.3 Å². The Balaban J connectivity index is 2.24. The second-order valence-electron chi connectivity index (χ2n) is 4.90. The first-order valence-electron chi connectivity index (χ1n) is 6.23. The monoisotopic (exact) mass is 285 g/mol. The van der Waals surface area contributed by atoms with Crippen molar-refractivity contribution in [1.29, 1.82) is 5.26 Å². The van der Waals surface area contributed by atoms with Crippen molar-refractivity contribution in [3.05, 3.63) is 35.4 Å². The standard InChI is InChI=1S/C14H14F3NO2/c15-14(16,17)11-3-1-10(2-4-11)12(19)13(9-18)5-7-20-8-6-13/h1-4,12,19H,5-8H2. The molecule has 1 N–H and O–H groups in total. The fourth-order valence-electron chi connectivity index (χ4n) is 2.36. The average Bonchev–Trinajstić information content (AvgIpc) is 2.46. The molecule has 2 rings (SSSR count). The molecule has 0 bridgehead atoms. The lowest BCUT2D eigenvalue weighted by Crippen LogP contribution is -2.34. The van der Waals surface area contributed by atoms with E-state index in [4.69, 9.17) is 4.74 Å². The van der Waals surface area contributed by atoms with Crippen molar-refractivity contribution in [3.63, 3.8) is 0 Å². The number of rotatable bonds is 2. The smallest absolute Gasteiger partial charge is 0.387 e. The molecule has 0 radical (unpaired) electrons. The number of benzene rings is 1. The summed E-state index contributed by atoms with van der Waals surface area (Å²) in [4.78, 5) is 0. The molecule has 0 aromatic heterocycles. The van der Waals surface area contributed by atoms with Gasteiger partial charge in [0.25, 0.3) is 0 Å². The molecular formula is C14H14F3NO2. The molecule has 1 saturated heterocycles. The molecular weight excluding hydrogens is 271 g/mol. The highest BCUT2D eigenvalue weighted by molar-refractivity contribution is 5.28. The Labute approximate surface area is 114 Å². The summed E-state index contributed by atoms with van der Waals surface area (Å²) >= 11 is 0. The van der Waals surface area contributed by atoms with Gasteiger partial charge in [0.05, 0.1) is 23.2 Å². The molecule has 1 heterocycles. The van der Waals surface area contributed by atoms with E-state index in [-0.39, 0.29) is 0 Å². The lowest BCUT2D eigenvalue weighted by molar-refractivity contribution is -0.137. The molecule has 1 unspecified atom stereocenters. The number of aliphatic hydroxyl groups is 1. The van der Waals surface area contributed by atoms with Gasteiger partial charge < -0.3 is 9.84 Å². The minimum Gasteiger partial charge on any atom is -0.387 e. The van der Waals surface area contributed by atoms with Crippen LogP contribution in [0.4, 0.5) is 13.2 Å². The fourth-order valence-corrected chi connectivity index (χ4v) is 2.36. The van der Waals surface area contributed by atoms with Crippen LogP contribution in [0.3, 0.4) is 0 Å². The largest absolute Gasteiger partial charge is 0.416 e. The average molecular weight is 285 g/mol. The Hall–Kier alpha value is -1.58. The van der Waals surface area contributed by atoms with Gasteiger partial charge in [0.15, 0.2) is 0 Å². The van der Waals surface area contributed by atoms with E-state index in [1.54, 1.807) is 0 Å². The summed E-state index contributed by atoms with van der Waals surface area (Å²) in [6.45, 7) is 0.733.